The number of pyridine rings is 1. The summed E-state index contributed by atoms with van der Waals surface area (Å²) in [6, 6.07) is 5.83. The number of carbonyl (C=O) groups is 1. The van der Waals surface area contributed by atoms with E-state index in [0.717, 1.165) is 49.0 Å². The predicted molar refractivity (Wildman–Crippen MR) is 97.9 cm³/mol. The van der Waals surface area contributed by atoms with Gasteiger partial charge in [0.05, 0.1) is 31.4 Å². The second kappa shape index (κ2) is 7.58. The number of nitrogens with zero attached hydrogens (tertiary/aromatic N) is 4. The highest BCUT2D eigenvalue weighted by Crippen LogP contribution is 2.31. The molecule has 4 rings (SSSR count). The number of thioether (sulfide) groups is 1. The summed E-state index contributed by atoms with van der Waals surface area (Å²) in [5.41, 5.74) is 2.02. The van der Waals surface area contributed by atoms with E-state index in [9.17, 15) is 4.79 Å². The highest BCUT2D eigenvalue weighted by Gasteiger charge is 2.30. The van der Waals surface area contributed by atoms with Crippen LogP contribution < -0.4 is 0 Å². The zero-order valence-corrected chi connectivity index (χ0v) is 15.0. The van der Waals surface area contributed by atoms with E-state index in [0.29, 0.717) is 19.6 Å². The first-order valence-corrected chi connectivity index (χ1v) is 9.64. The van der Waals surface area contributed by atoms with Crippen molar-refractivity contribution in [3.05, 3.63) is 41.2 Å². The molecule has 3 aliphatic heterocycles. The van der Waals surface area contributed by atoms with E-state index in [1.165, 1.54) is 0 Å². The van der Waals surface area contributed by atoms with Crippen LogP contribution in [0.2, 0.25) is 0 Å². The number of rotatable bonds is 5. The highest BCUT2D eigenvalue weighted by molar-refractivity contribution is 8.16. The minimum Gasteiger partial charge on any atom is -0.370 e. The number of ether oxygens (including phenoxy) is 1. The van der Waals surface area contributed by atoms with Gasteiger partial charge in [0.25, 0.3) is 0 Å². The van der Waals surface area contributed by atoms with Crippen LogP contribution in [-0.2, 0) is 16.1 Å². The van der Waals surface area contributed by atoms with Gasteiger partial charge in [0.2, 0.25) is 5.91 Å². The minimum atomic E-state index is 0.0931. The topological polar surface area (TPSA) is 58.0 Å². The van der Waals surface area contributed by atoms with Gasteiger partial charge in [-0.3, -0.25) is 14.8 Å². The van der Waals surface area contributed by atoms with Gasteiger partial charge in [-0.05, 0) is 30.4 Å². The van der Waals surface area contributed by atoms with E-state index in [2.05, 4.69) is 20.3 Å². The maximum atomic E-state index is 12.7. The molecule has 25 heavy (non-hydrogen) atoms. The summed E-state index contributed by atoms with van der Waals surface area (Å²) in [6.07, 6.45) is 4.31. The molecular weight excluding hydrogens is 336 g/mol. The van der Waals surface area contributed by atoms with Crippen molar-refractivity contribution < 1.29 is 9.53 Å². The fourth-order valence-electron chi connectivity index (χ4n) is 3.37. The Morgan fingerprint density at radius 2 is 2.32 bits per heavy atom. The van der Waals surface area contributed by atoms with Crippen molar-refractivity contribution >= 4 is 22.8 Å². The van der Waals surface area contributed by atoms with E-state index >= 15 is 0 Å². The third-order valence-electron chi connectivity index (χ3n) is 4.70. The number of hydrogen-bond donors (Lipinski definition) is 0. The summed E-state index contributed by atoms with van der Waals surface area (Å²) < 4.78 is 5.98. The number of amidine groups is 1. The van der Waals surface area contributed by atoms with Crippen LogP contribution in [-0.4, -0.2) is 58.1 Å². The van der Waals surface area contributed by atoms with Gasteiger partial charge < -0.3 is 14.5 Å². The zero-order valence-electron chi connectivity index (χ0n) is 14.1. The van der Waals surface area contributed by atoms with E-state index in [1.807, 2.05) is 23.1 Å². The third-order valence-corrected chi connectivity index (χ3v) is 5.66. The lowest BCUT2D eigenvalue weighted by atomic mass is 10.1. The first kappa shape index (κ1) is 16.6. The van der Waals surface area contributed by atoms with E-state index in [4.69, 9.17) is 4.74 Å². The average molecular weight is 358 g/mol. The van der Waals surface area contributed by atoms with Gasteiger partial charge in [0.15, 0.2) is 5.17 Å². The monoisotopic (exact) mass is 358 g/mol. The molecule has 0 N–H and O–H groups in total. The van der Waals surface area contributed by atoms with Crippen molar-refractivity contribution in [2.45, 2.75) is 32.0 Å². The molecule has 1 atom stereocenters. The van der Waals surface area contributed by atoms with Crippen molar-refractivity contribution in [1.29, 1.82) is 0 Å². The smallest absolute Gasteiger partial charge is 0.228 e. The summed E-state index contributed by atoms with van der Waals surface area (Å²) in [5.74, 6) is 0.186. The number of hydrogen-bond acceptors (Lipinski definition) is 6. The molecule has 0 aliphatic carbocycles. The molecule has 3 aliphatic rings. The number of aliphatic imine (C=N–C) groups is 1. The lowest BCUT2D eigenvalue weighted by Crippen LogP contribution is -2.43. The van der Waals surface area contributed by atoms with Crippen LogP contribution >= 0.6 is 11.8 Å². The molecule has 1 aromatic heterocycles. The fraction of sp³-hybridized carbons (Fsp3) is 0.500. The SMILES string of the molecule is O=C(CC1=CSC2=NCCN12)N1CCC[C@H](OCc2ccccn2)C1. The Morgan fingerprint density at radius 1 is 1.36 bits per heavy atom. The Labute approximate surface area is 152 Å². The normalized spacial score (nSPS) is 22.6. The molecule has 0 bridgehead atoms. The van der Waals surface area contributed by atoms with Crippen molar-refractivity contribution in [1.82, 2.24) is 14.8 Å². The molecule has 0 radical (unpaired) electrons. The van der Waals surface area contributed by atoms with Crippen molar-refractivity contribution in [2.75, 3.05) is 26.2 Å². The van der Waals surface area contributed by atoms with Gasteiger partial charge in [-0.2, -0.15) is 0 Å². The number of fused-ring (bicyclic) bond motifs is 1. The average Bonchev–Trinajstić information content (AvgIpc) is 3.26. The lowest BCUT2D eigenvalue weighted by Gasteiger charge is -2.33. The Balaban J connectivity index is 1.29. The predicted octanol–water partition coefficient (Wildman–Crippen LogP) is 2.24. The Bertz CT molecular complexity index is 692. The van der Waals surface area contributed by atoms with Gasteiger partial charge in [-0.15, -0.1) is 0 Å². The lowest BCUT2D eigenvalue weighted by molar-refractivity contribution is -0.135. The standard InChI is InChI=1S/C18H22N4O2S/c23-17(10-15-13-25-18-20-7-9-22(15)18)21-8-3-5-16(11-21)24-12-14-4-1-2-6-19-14/h1-2,4,6,13,16H,3,5,7-12H2/t16-/m0/s1. The molecule has 7 heteroatoms. The molecule has 0 aromatic carbocycles. The maximum Gasteiger partial charge on any atom is 0.228 e. The van der Waals surface area contributed by atoms with Crippen LogP contribution in [0, 0.1) is 0 Å². The molecule has 1 amide bonds. The van der Waals surface area contributed by atoms with E-state index in [1.54, 1.807) is 18.0 Å². The second-order valence-electron chi connectivity index (χ2n) is 6.46. The molecule has 0 saturated carbocycles. The number of piperidine rings is 1. The van der Waals surface area contributed by atoms with E-state index in [-0.39, 0.29) is 12.0 Å². The number of likely N-dealkylation sites (tertiary alicyclic amines) is 1. The molecule has 1 fully saturated rings. The fourth-order valence-corrected chi connectivity index (χ4v) is 4.32. The van der Waals surface area contributed by atoms with Crippen molar-refractivity contribution in [3.8, 4) is 0 Å². The minimum absolute atomic E-state index is 0.0931. The van der Waals surface area contributed by atoms with Crippen LogP contribution in [0.15, 0.2) is 40.5 Å². The van der Waals surface area contributed by atoms with Gasteiger partial charge in [0.1, 0.15) is 0 Å². The summed E-state index contributed by atoms with van der Waals surface area (Å²) >= 11 is 1.63. The van der Waals surface area contributed by atoms with Crippen LogP contribution in [0.25, 0.3) is 0 Å². The molecule has 132 valence electrons. The number of aromatic nitrogens is 1. The third kappa shape index (κ3) is 3.88. The van der Waals surface area contributed by atoms with Crippen LogP contribution in [0.4, 0.5) is 0 Å². The van der Waals surface area contributed by atoms with Crippen LogP contribution in [0.3, 0.4) is 0 Å². The highest BCUT2D eigenvalue weighted by atomic mass is 32.2. The maximum absolute atomic E-state index is 12.7. The van der Waals surface area contributed by atoms with Gasteiger partial charge in [0, 0.05) is 31.5 Å². The molecule has 0 spiro atoms. The second-order valence-corrected chi connectivity index (χ2v) is 7.29. The number of amides is 1. The van der Waals surface area contributed by atoms with Gasteiger partial charge in [-0.1, -0.05) is 17.8 Å². The summed E-state index contributed by atoms with van der Waals surface area (Å²) in [7, 11) is 0. The largest absolute Gasteiger partial charge is 0.370 e. The van der Waals surface area contributed by atoms with E-state index < -0.39 is 0 Å². The molecular formula is C18H22N4O2S. The van der Waals surface area contributed by atoms with Gasteiger partial charge >= 0.3 is 0 Å². The first-order chi connectivity index (χ1) is 12.3. The van der Waals surface area contributed by atoms with Crippen molar-refractivity contribution in [3.63, 3.8) is 0 Å². The zero-order chi connectivity index (χ0) is 17.1. The quantitative estimate of drug-likeness (QED) is 0.808. The molecule has 1 saturated heterocycles. The summed E-state index contributed by atoms with van der Waals surface area (Å²) in [6.45, 7) is 3.73. The molecule has 0 unspecified atom stereocenters. The Kier molecular flexibility index (Phi) is 5.03. The molecule has 6 nitrogen and oxygen atoms in total. The summed E-state index contributed by atoms with van der Waals surface area (Å²) in [4.78, 5) is 25.5. The number of carbonyl (C=O) groups excluding carboxylic acids is 1. The molecule has 4 heterocycles. The Morgan fingerprint density at radius 3 is 3.20 bits per heavy atom. The van der Waals surface area contributed by atoms with Gasteiger partial charge in [-0.25, -0.2) is 0 Å². The summed E-state index contributed by atoms with van der Waals surface area (Å²) in [5, 5.41) is 3.10. The Hall–Kier alpha value is -1.86. The van der Waals surface area contributed by atoms with Crippen LogP contribution in [0.1, 0.15) is 25.0 Å². The molecule has 1 aromatic rings. The first-order valence-electron chi connectivity index (χ1n) is 8.76. The van der Waals surface area contributed by atoms with Crippen LogP contribution in [0.5, 0.6) is 0 Å². The van der Waals surface area contributed by atoms with Crippen molar-refractivity contribution in [2.24, 2.45) is 4.99 Å².